The lowest BCUT2D eigenvalue weighted by atomic mass is 10.3. The standard InChI is InChI=1S/C19H32N2O5/c1-4-11-25-14-9-21(10-15-26-13-6-12-23-2)16-17-7-5-8-18(20-17)19(22)24-3/h5,7-8H,4,6,9-16H2,1-3H3. The fourth-order valence-electron chi connectivity index (χ4n) is 2.33. The van der Waals surface area contributed by atoms with E-state index in [9.17, 15) is 4.79 Å². The third-order valence-electron chi connectivity index (χ3n) is 3.68. The Hall–Kier alpha value is -1.54. The highest BCUT2D eigenvalue weighted by Crippen LogP contribution is 2.05. The summed E-state index contributed by atoms with van der Waals surface area (Å²) in [5.41, 5.74) is 1.14. The monoisotopic (exact) mass is 368 g/mol. The van der Waals surface area contributed by atoms with E-state index < -0.39 is 5.97 Å². The normalized spacial score (nSPS) is 11.1. The summed E-state index contributed by atoms with van der Waals surface area (Å²) in [6, 6.07) is 5.39. The van der Waals surface area contributed by atoms with Crippen LogP contribution in [-0.4, -0.2) is 76.2 Å². The van der Waals surface area contributed by atoms with Crippen molar-refractivity contribution in [2.24, 2.45) is 0 Å². The Morgan fingerprint density at radius 3 is 2.42 bits per heavy atom. The molecule has 0 aliphatic heterocycles. The van der Waals surface area contributed by atoms with Gasteiger partial charge in [0.2, 0.25) is 0 Å². The zero-order chi connectivity index (χ0) is 19.0. The molecule has 0 N–H and O–H groups in total. The highest BCUT2D eigenvalue weighted by Gasteiger charge is 2.11. The molecule has 0 unspecified atom stereocenters. The molecule has 0 fully saturated rings. The summed E-state index contributed by atoms with van der Waals surface area (Å²) in [4.78, 5) is 18.2. The van der Waals surface area contributed by atoms with Gasteiger partial charge in [-0.3, -0.25) is 4.90 Å². The molecule has 0 aliphatic rings. The van der Waals surface area contributed by atoms with Gasteiger partial charge in [-0.25, -0.2) is 9.78 Å². The van der Waals surface area contributed by atoms with E-state index in [0.29, 0.717) is 38.7 Å². The molecule has 7 heteroatoms. The van der Waals surface area contributed by atoms with Crippen LogP contribution < -0.4 is 0 Å². The second-order valence-corrected chi connectivity index (χ2v) is 5.85. The number of esters is 1. The molecule has 0 bridgehead atoms. The van der Waals surface area contributed by atoms with Crippen molar-refractivity contribution in [3.05, 3.63) is 29.6 Å². The first-order chi connectivity index (χ1) is 12.7. The number of aromatic nitrogens is 1. The number of carbonyl (C=O) groups excluding carboxylic acids is 1. The van der Waals surface area contributed by atoms with Gasteiger partial charge in [0, 0.05) is 46.6 Å². The van der Waals surface area contributed by atoms with E-state index in [1.807, 2.05) is 12.1 Å². The SMILES string of the molecule is CCCOCCN(CCOCCCOC)Cc1cccc(C(=O)OC)n1. The molecular weight excluding hydrogens is 336 g/mol. The van der Waals surface area contributed by atoms with Crippen LogP contribution in [0, 0.1) is 0 Å². The van der Waals surface area contributed by atoms with Crippen LogP contribution in [0.25, 0.3) is 0 Å². The molecule has 1 heterocycles. The number of rotatable bonds is 15. The van der Waals surface area contributed by atoms with Gasteiger partial charge in [-0.2, -0.15) is 0 Å². The Balaban J connectivity index is 2.52. The molecule has 0 radical (unpaired) electrons. The maximum Gasteiger partial charge on any atom is 0.356 e. The first-order valence-corrected chi connectivity index (χ1v) is 9.12. The molecule has 0 amide bonds. The molecule has 7 nitrogen and oxygen atoms in total. The predicted octanol–water partition coefficient (Wildman–Crippen LogP) is 2.15. The average molecular weight is 368 g/mol. The van der Waals surface area contributed by atoms with E-state index in [-0.39, 0.29) is 0 Å². The first-order valence-electron chi connectivity index (χ1n) is 9.12. The van der Waals surface area contributed by atoms with Crippen molar-refractivity contribution in [3.63, 3.8) is 0 Å². The van der Waals surface area contributed by atoms with Crippen molar-refractivity contribution < 1.29 is 23.7 Å². The Morgan fingerprint density at radius 1 is 1.04 bits per heavy atom. The minimum Gasteiger partial charge on any atom is -0.464 e. The number of nitrogens with zero attached hydrogens (tertiary/aromatic N) is 2. The number of methoxy groups -OCH3 is 2. The van der Waals surface area contributed by atoms with Gasteiger partial charge in [0.15, 0.2) is 0 Å². The van der Waals surface area contributed by atoms with Crippen LogP contribution in [0.1, 0.15) is 35.9 Å². The number of carbonyl (C=O) groups is 1. The molecule has 1 rings (SSSR count). The quantitative estimate of drug-likeness (QED) is 0.347. The van der Waals surface area contributed by atoms with Gasteiger partial charge in [-0.15, -0.1) is 0 Å². The highest BCUT2D eigenvalue weighted by molar-refractivity contribution is 5.87. The molecule has 0 atom stereocenters. The molecule has 0 saturated heterocycles. The van der Waals surface area contributed by atoms with Crippen LogP contribution in [0.15, 0.2) is 18.2 Å². The summed E-state index contributed by atoms with van der Waals surface area (Å²) in [6.07, 6.45) is 1.89. The lowest BCUT2D eigenvalue weighted by Crippen LogP contribution is -2.31. The van der Waals surface area contributed by atoms with Crippen LogP contribution in [0.3, 0.4) is 0 Å². The fourth-order valence-corrected chi connectivity index (χ4v) is 2.33. The topological polar surface area (TPSA) is 70.1 Å². The summed E-state index contributed by atoms with van der Waals surface area (Å²) in [6.45, 7) is 7.72. The van der Waals surface area contributed by atoms with E-state index in [0.717, 1.165) is 38.2 Å². The summed E-state index contributed by atoms with van der Waals surface area (Å²) < 4.78 is 21.0. The van der Waals surface area contributed by atoms with E-state index in [4.69, 9.17) is 18.9 Å². The van der Waals surface area contributed by atoms with Gasteiger partial charge < -0.3 is 18.9 Å². The molecule has 0 spiro atoms. The molecule has 26 heavy (non-hydrogen) atoms. The summed E-state index contributed by atoms with van der Waals surface area (Å²) in [5, 5.41) is 0. The Morgan fingerprint density at radius 2 is 1.77 bits per heavy atom. The van der Waals surface area contributed by atoms with Crippen molar-refractivity contribution in [2.45, 2.75) is 26.3 Å². The smallest absolute Gasteiger partial charge is 0.356 e. The fraction of sp³-hybridized carbons (Fsp3) is 0.684. The molecular formula is C19H32N2O5. The zero-order valence-electron chi connectivity index (χ0n) is 16.2. The van der Waals surface area contributed by atoms with E-state index in [2.05, 4.69) is 16.8 Å². The number of pyridine rings is 1. The predicted molar refractivity (Wildman–Crippen MR) is 99.3 cm³/mol. The van der Waals surface area contributed by atoms with Gasteiger partial charge in [-0.1, -0.05) is 13.0 Å². The first kappa shape index (κ1) is 22.5. The van der Waals surface area contributed by atoms with E-state index >= 15 is 0 Å². The van der Waals surface area contributed by atoms with Gasteiger partial charge >= 0.3 is 5.97 Å². The van der Waals surface area contributed by atoms with Crippen LogP contribution in [0.4, 0.5) is 0 Å². The van der Waals surface area contributed by atoms with Crippen LogP contribution >= 0.6 is 0 Å². The van der Waals surface area contributed by atoms with Crippen molar-refractivity contribution in [2.75, 3.05) is 60.3 Å². The molecule has 1 aromatic rings. The molecule has 148 valence electrons. The second kappa shape index (κ2) is 14.6. The Labute approximate surface area is 156 Å². The Bertz CT molecular complexity index is 499. The van der Waals surface area contributed by atoms with Crippen molar-refractivity contribution in [1.29, 1.82) is 0 Å². The third-order valence-corrected chi connectivity index (χ3v) is 3.68. The number of ether oxygens (including phenoxy) is 4. The minimum absolute atomic E-state index is 0.322. The average Bonchev–Trinajstić information content (AvgIpc) is 2.67. The summed E-state index contributed by atoms with van der Waals surface area (Å²) in [5.74, 6) is -0.425. The third kappa shape index (κ3) is 9.82. The zero-order valence-corrected chi connectivity index (χ0v) is 16.2. The number of hydrogen-bond donors (Lipinski definition) is 0. The summed E-state index contributed by atoms with van der Waals surface area (Å²) >= 11 is 0. The maximum absolute atomic E-state index is 11.6. The second-order valence-electron chi connectivity index (χ2n) is 5.85. The maximum atomic E-state index is 11.6. The van der Waals surface area contributed by atoms with Crippen molar-refractivity contribution in [3.8, 4) is 0 Å². The van der Waals surface area contributed by atoms with Crippen molar-refractivity contribution in [1.82, 2.24) is 9.88 Å². The van der Waals surface area contributed by atoms with Gasteiger partial charge in [0.25, 0.3) is 0 Å². The lowest BCUT2D eigenvalue weighted by Gasteiger charge is -2.22. The van der Waals surface area contributed by atoms with E-state index in [1.54, 1.807) is 13.2 Å². The van der Waals surface area contributed by atoms with Crippen molar-refractivity contribution >= 4 is 5.97 Å². The van der Waals surface area contributed by atoms with Crippen LogP contribution in [0.2, 0.25) is 0 Å². The lowest BCUT2D eigenvalue weighted by molar-refractivity contribution is 0.0587. The molecule has 0 aromatic carbocycles. The largest absolute Gasteiger partial charge is 0.464 e. The van der Waals surface area contributed by atoms with Gasteiger partial charge in [0.05, 0.1) is 26.0 Å². The van der Waals surface area contributed by atoms with Gasteiger partial charge in [0.1, 0.15) is 5.69 Å². The molecule has 0 saturated carbocycles. The van der Waals surface area contributed by atoms with Gasteiger partial charge in [-0.05, 0) is 25.0 Å². The Kier molecular flexibility index (Phi) is 12.6. The van der Waals surface area contributed by atoms with Crippen LogP contribution in [-0.2, 0) is 25.5 Å². The molecule has 0 aliphatic carbocycles. The van der Waals surface area contributed by atoms with E-state index in [1.165, 1.54) is 7.11 Å². The minimum atomic E-state index is -0.425. The number of hydrogen-bond acceptors (Lipinski definition) is 7. The highest BCUT2D eigenvalue weighted by atomic mass is 16.5. The molecule has 1 aromatic heterocycles. The van der Waals surface area contributed by atoms with Crippen LogP contribution in [0.5, 0.6) is 0 Å². The summed E-state index contributed by atoms with van der Waals surface area (Å²) in [7, 11) is 3.04.